The van der Waals surface area contributed by atoms with E-state index < -0.39 is 0 Å². The first-order valence-electron chi connectivity index (χ1n) is 9.61. The van der Waals surface area contributed by atoms with Crippen molar-refractivity contribution in [1.82, 2.24) is 49.5 Å². The smallest absolute Gasteiger partial charge is 0.104 e. The lowest BCUT2D eigenvalue weighted by molar-refractivity contribution is 0.640. The normalized spacial score (nSPS) is 11.2. The van der Waals surface area contributed by atoms with E-state index in [9.17, 15) is 0 Å². The zero-order chi connectivity index (χ0) is 20.2. The van der Waals surface area contributed by atoms with E-state index >= 15 is 0 Å². The largest absolute Gasteiger partial charge is 0.267 e. The number of aromatic nitrogens is 10. The number of hydrogen-bond acceptors (Lipinski definition) is 6. The third-order valence-electron chi connectivity index (χ3n) is 4.65. The molecule has 0 aliphatic carbocycles. The Labute approximate surface area is 172 Å². The van der Waals surface area contributed by atoms with Crippen molar-refractivity contribution in [3.8, 4) is 0 Å². The number of hydrogen-bond donors (Lipinski definition) is 0. The molecule has 0 fully saturated rings. The third kappa shape index (κ3) is 4.32. The Balaban J connectivity index is 1.18. The van der Waals surface area contributed by atoms with Crippen LogP contribution in [0.5, 0.6) is 0 Å². The quantitative estimate of drug-likeness (QED) is 0.391. The second-order valence-electron chi connectivity index (χ2n) is 7.04. The Morgan fingerprint density at radius 2 is 1.03 bits per heavy atom. The third-order valence-corrected chi connectivity index (χ3v) is 4.65. The summed E-state index contributed by atoms with van der Waals surface area (Å²) in [4.78, 5) is 0. The molecule has 0 radical (unpaired) electrons. The summed E-state index contributed by atoms with van der Waals surface area (Å²) in [6, 6.07) is 12.2. The molecule has 10 heteroatoms. The van der Waals surface area contributed by atoms with Crippen molar-refractivity contribution in [1.29, 1.82) is 0 Å². The van der Waals surface area contributed by atoms with Gasteiger partial charge in [0.05, 0.1) is 38.6 Å². The van der Waals surface area contributed by atoms with Gasteiger partial charge in [0.15, 0.2) is 0 Å². The topological polar surface area (TPSA) is 97.1 Å². The Kier molecular flexibility index (Phi) is 4.86. The Hall–Kier alpha value is -4.08. The fourth-order valence-corrected chi connectivity index (χ4v) is 3.22. The van der Waals surface area contributed by atoms with Crippen molar-refractivity contribution in [2.24, 2.45) is 0 Å². The second kappa shape index (κ2) is 8.11. The Morgan fingerprint density at radius 3 is 1.43 bits per heavy atom. The van der Waals surface area contributed by atoms with Gasteiger partial charge in [0, 0.05) is 24.8 Å². The van der Waals surface area contributed by atoms with Crippen LogP contribution in [0.25, 0.3) is 0 Å². The number of benzene rings is 1. The van der Waals surface area contributed by atoms with Crippen molar-refractivity contribution in [3.05, 3.63) is 96.1 Å². The fourth-order valence-electron chi connectivity index (χ4n) is 3.22. The summed E-state index contributed by atoms with van der Waals surface area (Å²) < 4.78 is 7.33. The minimum atomic E-state index is 0.617. The molecular weight excluding hydrogens is 380 g/mol. The van der Waals surface area contributed by atoms with Crippen LogP contribution in [0.3, 0.4) is 0 Å². The summed E-state index contributed by atoms with van der Waals surface area (Å²) >= 11 is 0. The highest BCUT2D eigenvalue weighted by Gasteiger charge is 2.05. The van der Waals surface area contributed by atoms with E-state index in [-0.39, 0.29) is 0 Å². The van der Waals surface area contributed by atoms with E-state index in [4.69, 9.17) is 0 Å². The highest BCUT2D eigenvalue weighted by Crippen LogP contribution is 2.09. The van der Waals surface area contributed by atoms with Gasteiger partial charge in [0.25, 0.3) is 0 Å². The first-order valence-corrected chi connectivity index (χ1v) is 9.61. The van der Waals surface area contributed by atoms with Crippen LogP contribution < -0.4 is 0 Å². The lowest BCUT2D eigenvalue weighted by Gasteiger charge is -2.04. The first kappa shape index (κ1) is 18.0. The van der Waals surface area contributed by atoms with Gasteiger partial charge in [-0.25, -0.2) is 9.36 Å². The average molecular weight is 400 g/mol. The molecular formula is C20H20N10. The van der Waals surface area contributed by atoms with Crippen LogP contribution in [-0.2, 0) is 26.2 Å². The second-order valence-corrected chi connectivity index (χ2v) is 7.04. The van der Waals surface area contributed by atoms with Crippen LogP contribution in [0, 0.1) is 0 Å². The summed E-state index contributed by atoms with van der Waals surface area (Å²) in [6.07, 6.45) is 11.2. The summed E-state index contributed by atoms with van der Waals surface area (Å²) in [5.41, 5.74) is 4.08. The maximum Gasteiger partial charge on any atom is 0.104 e. The Bertz CT molecular complexity index is 1090. The molecule has 0 aliphatic heterocycles. The van der Waals surface area contributed by atoms with Gasteiger partial charge < -0.3 is 0 Å². The summed E-state index contributed by atoms with van der Waals surface area (Å²) in [7, 11) is 0. The lowest BCUT2D eigenvalue weighted by Crippen LogP contribution is -2.03. The lowest BCUT2D eigenvalue weighted by atomic mass is 10.1. The monoisotopic (exact) mass is 400 g/mol. The molecule has 0 aliphatic rings. The molecule has 10 nitrogen and oxygen atoms in total. The summed E-state index contributed by atoms with van der Waals surface area (Å²) in [5, 5.41) is 25.2. The molecule has 0 N–H and O–H groups in total. The van der Waals surface area contributed by atoms with Crippen molar-refractivity contribution < 1.29 is 0 Å². The Morgan fingerprint density at radius 1 is 0.567 bits per heavy atom. The zero-order valence-corrected chi connectivity index (χ0v) is 16.2. The van der Waals surface area contributed by atoms with Crippen LogP contribution in [0.2, 0.25) is 0 Å². The molecule has 0 saturated heterocycles. The zero-order valence-electron chi connectivity index (χ0n) is 16.2. The van der Waals surface area contributed by atoms with Crippen LogP contribution in [0.1, 0.15) is 22.5 Å². The molecule has 30 heavy (non-hydrogen) atoms. The van der Waals surface area contributed by atoms with E-state index in [1.54, 1.807) is 12.4 Å². The molecule has 4 aromatic heterocycles. The van der Waals surface area contributed by atoms with Gasteiger partial charge in [-0.05, 0) is 23.3 Å². The van der Waals surface area contributed by atoms with Crippen molar-refractivity contribution in [2.45, 2.75) is 26.2 Å². The summed E-state index contributed by atoms with van der Waals surface area (Å²) in [6.45, 7) is 2.58. The predicted octanol–water partition coefficient (Wildman–Crippen LogP) is 1.46. The van der Waals surface area contributed by atoms with Gasteiger partial charge in [-0.1, -0.05) is 34.7 Å². The molecule has 5 aromatic rings. The van der Waals surface area contributed by atoms with Gasteiger partial charge in [-0.3, -0.25) is 9.36 Å². The van der Waals surface area contributed by atoms with Crippen LogP contribution in [0.4, 0.5) is 0 Å². The maximum atomic E-state index is 4.22. The van der Waals surface area contributed by atoms with Crippen molar-refractivity contribution >= 4 is 0 Å². The molecule has 5 rings (SSSR count). The molecule has 0 atom stereocenters. The van der Waals surface area contributed by atoms with Gasteiger partial charge in [0.1, 0.15) is 11.4 Å². The molecule has 0 amide bonds. The fraction of sp³-hybridized carbons (Fsp3) is 0.200. The highest BCUT2D eigenvalue weighted by atomic mass is 15.4. The molecule has 0 saturated carbocycles. The van der Waals surface area contributed by atoms with Crippen LogP contribution >= 0.6 is 0 Å². The summed E-state index contributed by atoms with van der Waals surface area (Å²) in [5.74, 6) is 0. The van der Waals surface area contributed by atoms with Crippen LogP contribution in [-0.4, -0.2) is 49.5 Å². The number of nitrogens with zero attached hydrogens (tertiary/aromatic N) is 10. The van der Waals surface area contributed by atoms with Crippen molar-refractivity contribution in [3.63, 3.8) is 0 Å². The minimum Gasteiger partial charge on any atom is -0.267 e. The minimum absolute atomic E-state index is 0.617. The van der Waals surface area contributed by atoms with E-state index in [0.29, 0.717) is 26.2 Å². The molecule has 0 bridgehead atoms. The highest BCUT2D eigenvalue weighted by molar-refractivity contribution is 5.23. The van der Waals surface area contributed by atoms with E-state index in [1.807, 2.05) is 55.6 Å². The van der Waals surface area contributed by atoms with Gasteiger partial charge >= 0.3 is 0 Å². The first-order chi connectivity index (χ1) is 14.8. The molecule has 0 spiro atoms. The molecule has 150 valence electrons. The van der Waals surface area contributed by atoms with Crippen molar-refractivity contribution in [2.75, 3.05) is 0 Å². The predicted molar refractivity (Wildman–Crippen MR) is 107 cm³/mol. The average Bonchev–Trinajstić information content (AvgIpc) is 3.54. The number of rotatable bonds is 8. The standard InChI is InChI=1S/C20H20N10/c1-7-21-27(9-1)13-19-15-29(25-23-19)11-17-3-5-18(6-4-17)12-30-16-20(24-26-30)14-28-10-2-8-22-28/h1-10,15-16H,11-14H2. The van der Waals surface area contributed by atoms with E-state index in [0.717, 1.165) is 22.5 Å². The SMILES string of the molecule is c1cnn(Cc2cn(Cc3ccc(Cn4cc(Cn5cccn5)nn4)cc3)nn2)c1. The van der Waals surface area contributed by atoms with Gasteiger partial charge in [-0.15, -0.1) is 10.2 Å². The van der Waals surface area contributed by atoms with Crippen LogP contribution in [0.15, 0.2) is 73.6 Å². The van der Waals surface area contributed by atoms with Gasteiger partial charge in [-0.2, -0.15) is 10.2 Å². The maximum absolute atomic E-state index is 4.22. The van der Waals surface area contributed by atoms with Gasteiger partial charge in [0.2, 0.25) is 0 Å². The van der Waals surface area contributed by atoms with E-state index in [1.165, 1.54) is 0 Å². The molecule has 4 heterocycles. The molecule has 1 aromatic carbocycles. The van der Waals surface area contributed by atoms with E-state index in [2.05, 4.69) is 55.1 Å². The molecule has 0 unspecified atom stereocenters.